The zero-order valence-corrected chi connectivity index (χ0v) is 31.7. The second-order valence-electron chi connectivity index (χ2n) is 14.9. The molecule has 0 atom stereocenters. The third-order valence-corrected chi connectivity index (χ3v) is 11.8. The van der Waals surface area contributed by atoms with E-state index in [0.717, 1.165) is 61.1 Å². The lowest BCUT2D eigenvalue weighted by atomic mass is 9.85. The van der Waals surface area contributed by atoms with Gasteiger partial charge < -0.3 is 4.57 Å². The number of rotatable bonds is 7. The Balaban J connectivity index is 1.16. The van der Waals surface area contributed by atoms with Crippen molar-refractivity contribution in [3.05, 3.63) is 187 Å². The van der Waals surface area contributed by atoms with Crippen molar-refractivity contribution < 1.29 is 0 Å². The first-order valence-corrected chi connectivity index (χ1v) is 19.5. The van der Waals surface area contributed by atoms with E-state index < -0.39 is 0 Å². The van der Waals surface area contributed by atoms with Crippen LogP contribution in [0.5, 0.6) is 0 Å². The number of aromatic nitrogens is 2. The standard InChI is InChI=1S/C54H34N4/c1-3-4-12-47(56-2)37-29-36(30-38(31-37)48-13-8-9-28-57-48)40-19-14-33-17-22-45-42(20-15-34-16-21-44(40)51(33)52(34)45)43-25-27-50-54-46(43)24-23-41-35(32-55)18-26-49(53(41)54)58(50)39-10-6-5-7-11-39/h3-31H,2H2,1H3/b4-3-,47-12-. The largest absolute Gasteiger partial charge is 0.309 e. The second-order valence-corrected chi connectivity index (χ2v) is 14.9. The molecule has 58 heavy (non-hydrogen) atoms. The molecule has 0 unspecified atom stereocenters. The normalized spacial score (nSPS) is 12.3. The molecule has 4 nitrogen and oxygen atoms in total. The second kappa shape index (κ2) is 13.1. The Kier molecular flexibility index (Phi) is 7.57. The molecule has 0 saturated heterocycles. The van der Waals surface area contributed by atoms with Gasteiger partial charge in [0.05, 0.1) is 34.1 Å². The van der Waals surface area contributed by atoms with Crippen LogP contribution in [0.15, 0.2) is 181 Å². The highest BCUT2D eigenvalue weighted by Crippen LogP contribution is 2.47. The van der Waals surface area contributed by atoms with Crippen LogP contribution < -0.4 is 0 Å². The van der Waals surface area contributed by atoms with Gasteiger partial charge in [0, 0.05) is 39.2 Å². The summed E-state index contributed by atoms with van der Waals surface area (Å²) in [6.07, 6.45) is 7.83. The van der Waals surface area contributed by atoms with Crippen molar-refractivity contribution in [3.8, 4) is 45.3 Å². The van der Waals surface area contributed by atoms with E-state index in [4.69, 9.17) is 4.98 Å². The molecule has 9 aromatic carbocycles. The Morgan fingerprint density at radius 1 is 0.621 bits per heavy atom. The summed E-state index contributed by atoms with van der Waals surface area (Å²) in [4.78, 5) is 9.15. The van der Waals surface area contributed by atoms with Gasteiger partial charge in [-0.1, -0.05) is 103 Å². The summed E-state index contributed by atoms with van der Waals surface area (Å²) in [5.74, 6) is 0. The minimum absolute atomic E-state index is 0.689. The van der Waals surface area contributed by atoms with Gasteiger partial charge in [-0.3, -0.25) is 9.98 Å². The van der Waals surface area contributed by atoms with Crippen molar-refractivity contribution in [2.45, 2.75) is 6.92 Å². The topological polar surface area (TPSA) is 54.0 Å². The number of nitrogens with zero attached hydrogens (tertiary/aromatic N) is 4. The Labute approximate surface area is 335 Å². The lowest BCUT2D eigenvalue weighted by Crippen LogP contribution is -1.93. The third kappa shape index (κ3) is 4.94. The molecule has 0 radical (unpaired) electrons. The van der Waals surface area contributed by atoms with Crippen LogP contribution in [0.4, 0.5) is 0 Å². The molecule has 0 fully saturated rings. The van der Waals surface area contributed by atoms with Crippen LogP contribution in [-0.4, -0.2) is 16.3 Å². The highest BCUT2D eigenvalue weighted by atomic mass is 15.0. The summed E-state index contributed by atoms with van der Waals surface area (Å²) in [6.45, 7) is 5.92. The van der Waals surface area contributed by atoms with Gasteiger partial charge in [0.2, 0.25) is 0 Å². The van der Waals surface area contributed by atoms with Crippen molar-refractivity contribution in [1.29, 1.82) is 5.26 Å². The zero-order chi connectivity index (χ0) is 38.9. The fourth-order valence-electron chi connectivity index (χ4n) is 9.27. The number of pyridine rings is 1. The molecular weight excluding hydrogens is 705 g/mol. The summed E-state index contributed by atoms with van der Waals surface area (Å²) in [5, 5.41) is 21.9. The molecule has 0 aliphatic heterocycles. The molecule has 0 N–H and O–H groups in total. The van der Waals surface area contributed by atoms with Crippen molar-refractivity contribution in [3.63, 3.8) is 0 Å². The summed E-state index contributed by atoms with van der Waals surface area (Å²) in [6, 6.07) is 56.7. The van der Waals surface area contributed by atoms with E-state index in [-0.39, 0.29) is 0 Å². The maximum absolute atomic E-state index is 10.1. The van der Waals surface area contributed by atoms with E-state index in [9.17, 15) is 5.26 Å². The van der Waals surface area contributed by atoms with E-state index >= 15 is 0 Å². The number of para-hydroxylation sites is 1. The van der Waals surface area contributed by atoms with Gasteiger partial charge in [0.25, 0.3) is 0 Å². The maximum Gasteiger partial charge on any atom is 0.0998 e. The first-order chi connectivity index (χ1) is 28.6. The maximum atomic E-state index is 10.1. The average Bonchev–Trinajstić information content (AvgIpc) is 3.63. The average molecular weight is 739 g/mol. The van der Waals surface area contributed by atoms with Crippen molar-refractivity contribution >= 4 is 77.3 Å². The molecular formula is C54H34N4. The van der Waals surface area contributed by atoms with Crippen LogP contribution in [0.2, 0.25) is 0 Å². The van der Waals surface area contributed by atoms with Crippen LogP contribution in [0.1, 0.15) is 18.1 Å². The van der Waals surface area contributed by atoms with Crippen LogP contribution >= 0.6 is 0 Å². The molecule has 0 bridgehead atoms. The van der Waals surface area contributed by atoms with Gasteiger partial charge >= 0.3 is 0 Å². The van der Waals surface area contributed by atoms with Gasteiger partial charge in [-0.05, 0) is 140 Å². The highest BCUT2D eigenvalue weighted by molar-refractivity contribution is 6.31. The molecule has 11 aromatic rings. The number of nitriles is 1. The Morgan fingerprint density at radius 3 is 1.93 bits per heavy atom. The first-order valence-electron chi connectivity index (χ1n) is 19.5. The Bertz CT molecular complexity index is 3530. The fraction of sp³-hybridized carbons (Fsp3) is 0.0185. The molecule has 270 valence electrons. The molecule has 0 spiro atoms. The Morgan fingerprint density at radius 2 is 1.22 bits per heavy atom. The minimum Gasteiger partial charge on any atom is -0.309 e. The van der Waals surface area contributed by atoms with Crippen LogP contribution in [0.3, 0.4) is 0 Å². The fourth-order valence-corrected chi connectivity index (χ4v) is 9.27. The molecule has 11 rings (SSSR count). The number of hydrogen-bond acceptors (Lipinski definition) is 3. The number of allylic oxidation sites excluding steroid dienone is 3. The predicted octanol–water partition coefficient (Wildman–Crippen LogP) is 14.2. The van der Waals surface area contributed by atoms with Gasteiger partial charge in [-0.15, -0.1) is 0 Å². The van der Waals surface area contributed by atoms with E-state index in [2.05, 4.69) is 144 Å². The van der Waals surface area contributed by atoms with E-state index in [1.54, 1.807) is 0 Å². The minimum atomic E-state index is 0.689. The molecule has 0 aliphatic carbocycles. The van der Waals surface area contributed by atoms with Crippen molar-refractivity contribution in [1.82, 2.24) is 9.55 Å². The van der Waals surface area contributed by atoms with Crippen LogP contribution in [0.25, 0.3) is 110 Å². The van der Waals surface area contributed by atoms with Gasteiger partial charge in [0.1, 0.15) is 0 Å². The number of benzene rings is 9. The van der Waals surface area contributed by atoms with Crippen LogP contribution in [0, 0.1) is 11.3 Å². The molecule has 0 amide bonds. The summed E-state index contributed by atoms with van der Waals surface area (Å²) in [7, 11) is 0. The SMILES string of the molecule is C=N/C(=C\C=C/C)c1cc(-c2ccccn2)cc(-c2ccc3ccc4c(-c5ccc6c7c5ccc5c(C#N)ccc(c57)n6-c5ccccc5)ccc5ccc2c3c54)c1. The number of hydrogen-bond donors (Lipinski definition) is 0. The highest BCUT2D eigenvalue weighted by Gasteiger charge is 2.22. The smallest absolute Gasteiger partial charge is 0.0998 e. The van der Waals surface area contributed by atoms with E-state index in [0.29, 0.717) is 5.56 Å². The van der Waals surface area contributed by atoms with E-state index in [1.807, 2.05) is 61.7 Å². The van der Waals surface area contributed by atoms with Crippen LogP contribution in [-0.2, 0) is 0 Å². The molecule has 2 aromatic heterocycles. The third-order valence-electron chi connectivity index (χ3n) is 11.8. The molecule has 2 heterocycles. The summed E-state index contributed by atoms with van der Waals surface area (Å²) in [5.41, 5.74) is 12.3. The monoisotopic (exact) mass is 738 g/mol. The zero-order valence-electron chi connectivity index (χ0n) is 31.7. The van der Waals surface area contributed by atoms with Gasteiger partial charge in [-0.2, -0.15) is 5.26 Å². The first kappa shape index (κ1) is 33.5. The molecule has 0 aliphatic rings. The van der Waals surface area contributed by atoms with Gasteiger partial charge in [-0.25, -0.2) is 0 Å². The predicted molar refractivity (Wildman–Crippen MR) is 244 cm³/mol. The van der Waals surface area contributed by atoms with E-state index in [1.165, 1.54) is 54.2 Å². The Hall–Kier alpha value is -7.87. The summed E-state index contributed by atoms with van der Waals surface area (Å²) < 4.78 is 2.33. The lowest BCUT2D eigenvalue weighted by Gasteiger charge is -2.18. The summed E-state index contributed by atoms with van der Waals surface area (Å²) >= 11 is 0. The van der Waals surface area contributed by atoms with Gasteiger partial charge in [0.15, 0.2) is 0 Å². The molecule has 4 heteroatoms. The number of aliphatic imine (C=N–C) groups is 1. The quantitative estimate of drug-likeness (QED) is 0.0929. The lowest BCUT2D eigenvalue weighted by molar-refractivity contribution is 1.18. The molecule has 0 saturated carbocycles. The van der Waals surface area contributed by atoms with Crippen molar-refractivity contribution in [2.75, 3.05) is 0 Å². The van der Waals surface area contributed by atoms with Crippen molar-refractivity contribution in [2.24, 2.45) is 4.99 Å².